The molecule has 2 heteroatoms. The second kappa shape index (κ2) is 6.23. The van der Waals surface area contributed by atoms with Crippen LogP contribution >= 0.6 is 0 Å². The summed E-state index contributed by atoms with van der Waals surface area (Å²) < 4.78 is 0. The lowest BCUT2D eigenvalue weighted by atomic mass is 10.0. The summed E-state index contributed by atoms with van der Waals surface area (Å²) in [6, 6.07) is 24.6. The van der Waals surface area contributed by atoms with Gasteiger partial charge < -0.3 is 4.84 Å². The summed E-state index contributed by atoms with van der Waals surface area (Å²) >= 11 is 0. The van der Waals surface area contributed by atoms with Crippen LogP contribution in [0.2, 0.25) is 0 Å². The standard InChI is InChI=1S/C19H17NO/c1-15(20-21-14-16-8-3-2-4-9-16)18-13-7-11-17-10-5-6-12-19(17)18/h2-13H,14H2,1H3/b20-15-. The molecule has 0 aliphatic heterocycles. The van der Waals surface area contributed by atoms with Gasteiger partial charge in [-0.2, -0.15) is 0 Å². The minimum Gasteiger partial charge on any atom is -0.391 e. The highest BCUT2D eigenvalue weighted by atomic mass is 16.6. The minimum atomic E-state index is 0.489. The fourth-order valence-electron chi connectivity index (χ4n) is 2.37. The molecule has 0 aromatic heterocycles. The van der Waals surface area contributed by atoms with Gasteiger partial charge in [-0.25, -0.2) is 0 Å². The van der Waals surface area contributed by atoms with Crippen molar-refractivity contribution in [1.29, 1.82) is 0 Å². The molecule has 0 bridgehead atoms. The topological polar surface area (TPSA) is 21.6 Å². The number of hydrogen-bond acceptors (Lipinski definition) is 2. The van der Waals surface area contributed by atoms with Gasteiger partial charge in [0.1, 0.15) is 6.61 Å². The van der Waals surface area contributed by atoms with Gasteiger partial charge >= 0.3 is 0 Å². The van der Waals surface area contributed by atoms with Crippen LogP contribution in [0.5, 0.6) is 0 Å². The highest BCUT2D eigenvalue weighted by Gasteiger charge is 2.03. The smallest absolute Gasteiger partial charge is 0.142 e. The fourth-order valence-corrected chi connectivity index (χ4v) is 2.37. The Labute approximate surface area is 124 Å². The molecule has 0 atom stereocenters. The zero-order valence-corrected chi connectivity index (χ0v) is 12.0. The van der Waals surface area contributed by atoms with E-state index >= 15 is 0 Å². The third kappa shape index (κ3) is 3.11. The van der Waals surface area contributed by atoms with E-state index in [0.717, 1.165) is 16.8 Å². The average molecular weight is 275 g/mol. The van der Waals surface area contributed by atoms with Crippen LogP contribution < -0.4 is 0 Å². The van der Waals surface area contributed by atoms with E-state index in [1.165, 1.54) is 10.8 Å². The van der Waals surface area contributed by atoms with Gasteiger partial charge in [-0.3, -0.25) is 0 Å². The first-order chi connectivity index (χ1) is 10.3. The Kier molecular flexibility index (Phi) is 3.97. The van der Waals surface area contributed by atoms with Crippen molar-refractivity contribution in [3.8, 4) is 0 Å². The summed E-state index contributed by atoms with van der Waals surface area (Å²) in [6.07, 6.45) is 0. The summed E-state index contributed by atoms with van der Waals surface area (Å²) in [7, 11) is 0. The van der Waals surface area contributed by atoms with E-state index < -0.39 is 0 Å². The second-order valence-corrected chi connectivity index (χ2v) is 4.96. The first-order valence-electron chi connectivity index (χ1n) is 7.03. The quantitative estimate of drug-likeness (QED) is 0.496. The number of benzene rings is 3. The van der Waals surface area contributed by atoms with Gasteiger partial charge in [0.25, 0.3) is 0 Å². The van der Waals surface area contributed by atoms with E-state index in [1.807, 2.05) is 55.5 Å². The van der Waals surface area contributed by atoms with Crippen molar-refractivity contribution in [2.75, 3.05) is 0 Å². The van der Waals surface area contributed by atoms with Gasteiger partial charge in [0.2, 0.25) is 0 Å². The molecule has 0 heterocycles. The van der Waals surface area contributed by atoms with E-state index in [9.17, 15) is 0 Å². The molecular formula is C19H17NO. The lowest BCUT2D eigenvalue weighted by Gasteiger charge is -2.06. The van der Waals surface area contributed by atoms with Crippen molar-refractivity contribution in [2.45, 2.75) is 13.5 Å². The maximum Gasteiger partial charge on any atom is 0.142 e. The summed E-state index contributed by atoms with van der Waals surface area (Å²) in [5.41, 5.74) is 3.12. The first-order valence-corrected chi connectivity index (χ1v) is 7.03. The number of hydrogen-bond donors (Lipinski definition) is 0. The Morgan fingerprint density at radius 3 is 2.43 bits per heavy atom. The van der Waals surface area contributed by atoms with Crippen molar-refractivity contribution < 1.29 is 4.84 Å². The van der Waals surface area contributed by atoms with Crippen LogP contribution in [0.25, 0.3) is 10.8 Å². The molecule has 0 N–H and O–H groups in total. The molecule has 0 saturated heterocycles. The van der Waals surface area contributed by atoms with Crippen molar-refractivity contribution in [3.05, 3.63) is 83.9 Å². The average Bonchev–Trinajstić information content (AvgIpc) is 2.55. The Bertz CT molecular complexity index is 757. The van der Waals surface area contributed by atoms with E-state index in [2.05, 4.69) is 29.4 Å². The molecule has 3 aromatic rings. The fraction of sp³-hybridized carbons (Fsp3) is 0.105. The van der Waals surface area contributed by atoms with E-state index in [0.29, 0.717) is 6.61 Å². The molecule has 0 unspecified atom stereocenters. The predicted molar refractivity (Wildman–Crippen MR) is 87.4 cm³/mol. The van der Waals surface area contributed by atoms with Gasteiger partial charge in [0.05, 0.1) is 5.71 Å². The lowest BCUT2D eigenvalue weighted by molar-refractivity contribution is 0.130. The molecule has 2 nitrogen and oxygen atoms in total. The van der Waals surface area contributed by atoms with Crippen LogP contribution in [0.3, 0.4) is 0 Å². The SMILES string of the molecule is C/C(=N/OCc1ccccc1)c1cccc2ccccc12. The molecule has 0 aliphatic carbocycles. The molecule has 3 aromatic carbocycles. The van der Waals surface area contributed by atoms with Crippen LogP contribution in [0.1, 0.15) is 18.1 Å². The van der Waals surface area contributed by atoms with Crippen LogP contribution in [-0.4, -0.2) is 5.71 Å². The molecule has 21 heavy (non-hydrogen) atoms. The number of oxime groups is 1. The van der Waals surface area contributed by atoms with Crippen molar-refractivity contribution >= 4 is 16.5 Å². The Hall–Kier alpha value is -2.61. The van der Waals surface area contributed by atoms with Gasteiger partial charge in [-0.05, 0) is 23.3 Å². The van der Waals surface area contributed by atoms with Crippen LogP contribution in [-0.2, 0) is 11.4 Å². The van der Waals surface area contributed by atoms with E-state index in [4.69, 9.17) is 4.84 Å². The third-order valence-electron chi connectivity index (χ3n) is 3.45. The normalized spacial score (nSPS) is 11.6. The Morgan fingerprint density at radius 2 is 1.57 bits per heavy atom. The molecule has 104 valence electrons. The van der Waals surface area contributed by atoms with Crippen LogP contribution in [0.15, 0.2) is 78.0 Å². The van der Waals surface area contributed by atoms with Gasteiger partial charge in [-0.15, -0.1) is 0 Å². The number of rotatable bonds is 4. The van der Waals surface area contributed by atoms with Crippen molar-refractivity contribution in [1.82, 2.24) is 0 Å². The summed E-state index contributed by atoms with van der Waals surface area (Å²) in [6.45, 7) is 2.47. The Balaban J connectivity index is 1.80. The zero-order chi connectivity index (χ0) is 14.5. The minimum absolute atomic E-state index is 0.489. The van der Waals surface area contributed by atoms with Gasteiger partial charge in [-0.1, -0.05) is 78.0 Å². The highest BCUT2D eigenvalue weighted by Crippen LogP contribution is 2.19. The van der Waals surface area contributed by atoms with Gasteiger partial charge in [0, 0.05) is 5.56 Å². The lowest BCUT2D eigenvalue weighted by Crippen LogP contribution is -1.98. The molecule has 0 aliphatic rings. The highest BCUT2D eigenvalue weighted by molar-refractivity contribution is 6.09. The maximum absolute atomic E-state index is 5.47. The molecule has 0 saturated carbocycles. The predicted octanol–water partition coefficient (Wildman–Crippen LogP) is 4.78. The van der Waals surface area contributed by atoms with Crippen LogP contribution in [0.4, 0.5) is 0 Å². The van der Waals surface area contributed by atoms with Crippen LogP contribution in [0, 0.1) is 0 Å². The zero-order valence-electron chi connectivity index (χ0n) is 12.0. The van der Waals surface area contributed by atoms with Crippen molar-refractivity contribution in [2.24, 2.45) is 5.16 Å². The number of nitrogens with zero attached hydrogens (tertiary/aromatic N) is 1. The summed E-state index contributed by atoms with van der Waals surface area (Å²) in [5.74, 6) is 0. The van der Waals surface area contributed by atoms with Crippen molar-refractivity contribution in [3.63, 3.8) is 0 Å². The van der Waals surface area contributed by atoms with E-state index in [-0.39, 0.29) is 0 Å². The Morgan fingerprint density at radius 1 is 0.857 bits per heavy atom. The molecule has 0 spiro atoms. The molecule has 0 radical (unpaired) electrons. The molecule has 0 amide bonds. The number of fused-ring (bicyclic) bond motifs is 1. The summed E-state index contributed by atoms with van der Waals surface area (Å²) in [4.78, 5) is 5.47. The van der Waals surface area contributed by atoms with E-state index in [1.54, 1.807) is 0 Å². The first kappa shape index (κ1) is 13.4. The largest absolute Gasteiger partial charge is 0.391 e. The molecule has 0 fully saturated rings. The second-order valence-electron chi connectivity index (χ2n) is 4.96. The molecular weight excluding hydrogens is 258 g/mol. The monoisotopic (exact) mass is 275 g/mol. The van der Waals surface area contributed by atoms with Gasteiger partial charge in [0.15, 0.2) is 0 Å². The maximum atomic E-state index is 5.47. The molecule has 3 rings (SSSR count). The third-order valence-corrected chi connectivity index (χ3v) is 3.45. The summed E-state index contributed by atoms with van der Waals surface area (Å²) in [5, 5.41) is 6.67.